The summed E-state index contributed by atoms with van der Waals surface area (Å²) in [4.78, 5) is 18.7. The molecule has 1 aromatic carbocycles. The van der Waals surface area contributed by atoms with Gasteiger partial charge in [0, 0.05) is 19.5 Å². The Hall–Kier alpha value is -2.17. The first-order chi connectivity index (χ1) is 11.7. The highest BCUT2D eigenvalue weighted by molar-refractivity contribution is 5.93. The Morgan fingerprint density at radius 3 is 2.92 bits per heavy atom. The first kappa shape index (κ1) is 16.7. The van der Waals surface area contributed by atoms with Crippen LogP contribution in [0.25, 0.3) is 0 Å². The number of piperidine rings is 1. The van der Waals surface area contributed by atoms with Crippen molar-refractivity contribution < 1.29 is 13.6 Å². The number of rotatable bonds is 5. The average Bonchev–Trinajstić information content (AvgIpc) is 3.09. The number of aromatic nitrogens is 1. The lowest BCUT2D eigenvalue weighted by Crippen LogP contribution is -2.40. The van der Waals surface area contributed by atoms with Gasteiger partial charge in [-0.15, -0.1) is 0 Å². The Kier molecular flexibility index (Phi) is 5.28. The van der Waals surface area contributed by atoms with Crippen LogP contribution < -0.4 is 0 Å². The van der Waals surface area contributed by atoms with Crippen LogP contribution in [0, 0.1) is 11.7 Å². The lowest BCUT2D eigenvalue weighted by Gasteiger charge is -2.32. The minimum atomic E-state index is -0.201. The van der Waals surface area contributed by atoms with E-state index in [-0.39, 0.29) is 11.7 Å². The van der Waals surface area contributed by atoms with Crippen LogP contribution in [0.2, 0.25) is 0 Å². The number of carbonyl (C=O) groups is 1. The third-order valence-corrected chi connectivity index (χ3v) is 4.73. The summed E-state index contributed by atoms with van der Waals surface area (Å²) in [6, 6.07) is 6.68. The molecule has 0 unspecified atom stereocenters. The van der Waals surface area contributed by atoms with Crippen molar-refractivity contribution in [1.82, 2.24) is 9.88 Å². The van der Waals surface area contributed by atoms with Gasteiger partial charge in [0.1, 0.15) is 11.6 Å². The molecule has 1 aromatic heterocycles. The molecule has 128 valence electrons. The molecule has 1 saturated heterocycles. The van der Waals surface area contributed by atoms with Crippen molar-refractivity contribution in [3.05, 3.63) is 53.5 Å². The van der Waals surface area contributed by atoms with Crippen LogP contribution in [0.1, 0.15) is 48.0 Å². The quantitative estimate of drug-likeness (QED) is 0.836. The zero-order chi connectivity index (χ0) is 16.9. The number of likely N-dealkylation sites (tertiary alicyclic amines) is 1. The number of aryl methyl sites for hydroxylation is 2. The number of halogens is 1. The summed E-state index contributed by atoms with van der Waals surface area (Å²) < 4.78 is 18.2. The average molecular weight is 330 g/mol. The van der Waals surface area contributed by atoms with Crippen molar-refractivity contribution in [3.63, 3.8) is 0 Å². The Balaban J connectivity index is 1.58. The van der Waals surface area contributed by atoms with Gasteiger partial charge in [-0.25, -0.2) is 9.37 Å². The minimum Gasteiger partial charge on any atom is -0.448 e. The first-order valence-corrected chi connectivity index (χ1v) is 8.63. The molecule has 0 bridgehead atoms. The Morgan fingerprint density at radius 2 is 2.17 bits per heavy atom. The largest absolute Gasteiger partial charge is 0.448 e. The Labute approximate surface area is 141 Å². The number of benzene rings is 1. The predicted molar refractivity (Wildman–Crippen MR) is 89.2 cm³/mol. The van der Waals surface area contributed by atoms with Crippen LogP contribution in [-0.2, 0) is 12.8 Å². The van der Waals surface area contributed by atoms with Gasteiger partial charge in [-0.3, -0.25) is 4.79 Å². The van der Waals surface area contributed by atoms with Gasteiger partial charge in [-0.1, -0.05) is 19.1 Å². The molecule has 4 nitrogen and oxygen atoms in total. The van der Waals surface area contributed by atoms with Crippen LogP contribution >= 0.6 is 0 Å². The maximum Gasteiger partial charge on any atom is 0.276 e. The highest BCUT2D eigenvalue weighted by atomic mass is 19.1. The SMILES string of the molecule is CCc1ocnc1C(=O)N1CCC[C@H](CCc2ccc(F)cc2)C1. The van der Waals surface area contributed by atoms with Gasteiger partial charge >= 0.3 is 0 Å². The van der Waals surface area contributed by atoms with Gasteiger partial charge in [0.25, 0.3) is 5.91 Å². The minimum absolute atomic E-state index is 0.0212. The predicted octanol–water partition coefficient (Wildman–Crippen LogP) is 3.86. The Bertz CT molecular complexity index is 681. The fraction of sp³-hybridized carbons (Fsp3) is 0.474. The van der Waals surface area contributed by atoms with Crippen LogP contribution in [0.15, 0.2) is 35.1 Å². The first-order valence-electron chi connectivity index (χ1n) is 8.63. The van der Waals surface area contributed by atoms with Gasteiger partial charge in [-0.2, -0.15) is 0 Å². The summed E-state index contributed by atoms with van der Waals surface area (Å²) in [6.45, 7) is 3.50. The number of carbonyl (C=O) groups excluding carboxylic acids is 1. The second kappa shape index (κ2) is 7.60. The number of oxazole rings is 1. The van der Waals surface area contributed by atoms with Crippen molar-refractivity contribution in [1.29, 1.82) is 0 Å². The van der Waals surface area contributed by atoms with Crippen LogP contribution in [0.4, 0.5) is 4.39 Å². The van der Waals surface area contributed by atoms with Crippen LogP contribution in [0.3, 0.4) is 0 Å². The number of hydrogen-bond acceptors (Lipinski definition) is 3. The summed E-state index contributed by atoms with van der Waals surface area (Å²) in [5, 5.41) is 0. The van der Waals surface area contributed by atoms with Gasteiger partial charge < -0.3 is 9.32 Å². The van der Waals surface area contributed by atoms with E-state index in [1.807, 2.05) is 24.0 Å². The van der Waals surface area contributed by atoms with Crippen molar-refractivity contribution in [3.8, 4) is 0 Å². The molecule has 24 heavy (non-hydrogen) atoms. The van der Waals surface area contributed by atoms with E-state index < -0.39 is 0 Å². The number of amides is 1. The van der Waals surface area contributed by atoms with E-state index in [1.165, 1.54) is 18.5 Å². The maximum absolute atomic E-state index is 13.0. The summed E-state index contributed by atoms with van der Waals surface area (Å²) in [5.41, 5.74) is 1.60. The molecular weight excluding hydrogens is 307 g/mol. The third kappa shape index (κ3) is 3.83. The van der Waals surface area contributed by atoms with E-state index in [2.05, 4.69) is 4.98 Å². The zero-order valence-corrected chi connectivity index (χ0v) is 14.0. The van der Waals surface area contributed by atoms with Crippen molar-refractivity contribution in [2.45, 2.75) is 39.0 Å². The molecule has 0 radical (unpaired) electrons. The van der Waals surface area contributed by atoms with E-state index >= 15 is 0 Å². The standard InChI is InChI=1S/C19H23FN2O2/c1-2-17-18(21-13-24-17)19(23)22-11-3-4-15(12-22)6-5-14-7-9-16(20)10-8-14/h7-10,13,15H,2-6,11-12H2,1H3/t15-/m1/s1. The van der Waals surface area contributed by atoms with Gasteiger partial charge in [0.2, 0.25) is 0 Å². The second-order valence-corrected chi connectivity index (χ2v) is 6.40. The molecule has 1 atom stereocenters. The van der Waals surface area contributed by atoms with E-state index in [0.717, 1.165) is 44.3 Å². The van der Waals surface area contributed by atoms with Crippen molar-refractivity contribution in [2.75, 3.05) is 13.1 Å². The topological polar surface area (TPSA) is 46.3 Å². The van der Waals surface area contributed by atoms with Gasteiger partial charge in [0.15, 0.2) is 12.1 Å². The van der Waals surface area contributed by atoms with Crippen molar-refractivity contribution in [2.24, 2.45) is 5.92 Å². The monoisotopic (exact) mass is 330 g/mol. The van der Waals surface area contributed by atoms with E-state index in [9.17, 15) is 9.18 Å². The molecule has 2 aromatic rings. The molecule has 0 N–H and O–H groups in total. The molecule has 1 aliphatic rings. The molecular formula is C19H23FN2O2. The maximum atomic E-state index is 13.0. The molecule has 1 fully saturated rings. The molecule has 1 aliphatic heterocycles. The number of nitrogens with zero attached hydrogens (tertiary/aromatic N) is 2. The molecule has 3 rings (SSSR count). The highest BCUT2D eigenvalue weighted by Gasteiger charge is 2.27. The van der Waals surface area contributed by atoms with Crippen LogP contribution in [-0.4, -0.2) is 28.9 Å². The summed E-state index contributed by atoms with van der Waals surface area (Å²) >= 11 is 0. The second-order valence-electron chi connectivity index (χ2n) is 6.40. The number of hydrogen-bond donors (Lipinski definition) is 0. The molecule has 0 spiro atoms. The normalized spacial score (nSPS) is 17.9. The third-order valence-electron chi connectivity index (χ3n) is 4.73. The summed E-state index contributed by atoms with van der Waals surface area (Å²) in [5.74, 6) is 0.915. The summed E-state index contributed by atoms with van der Waals surface area (Å²) in [6.07, 6.45) is 6.08. The molecule has 2 heterocycles. The summed E-state index contributed by atoms with van der Waals surface area (Å²) in [7, 11) is 0. The van der Waals surface area contributed by atoms with Gasteiger partial charge in [0.05, 0.1) is 0 Å². The highest BCUT2D eigenvalue weighted by Crippen LogP contribution is 2.23. The van der Waals surface area contributed by atoms with E-state index in [4.69, 9.17) is 4.42 Å². The molecule has 1 amide bonds. The molecule has 0 saturated carbocycles. The van der Waals surface area contributed by atoms with E-state index in [0.29, 0.717) is 23.8 Å². The molecule has 0 aliphatic carbocycles. The fourth-order valence-electron chi connectivity index (χ4n) is 3.35. The fourth-order valence-corrected chi connectivity index (χ4v) is 3.35. The van der Waals surface area contributed by atoms with E-state index in [1.54, 1.807) is 0 Å². The smallest absolute Gasteiger partial charge is 0.276 e. The van der Waals surface area contributed by atoms with Gasteiger partial charge in [-0.05, 0) is 49.3 Å². The lowest BCUT2D eigenvalue weighted by atomic mass is 9.91. The molecule has 5 heteroatoms. The van der Waals surface area contributed by atoms with Crippen LogP contribution in [0.5, 0.6) is 0 Å². The zero-order valence-electron chi connectivity index (χ0n) is 14.0. The lowest BCUT2D eigenvalue weighted by molar-refractivity contribution is 0.0661. The van der Waals surface area contributed by atoms with Crippen molar-refractivity contribution >= 4 is 5.91 Å². The Morgan fingerprint density at radius 1 is 1.38 bits per heavy atom.